The molecule has 2 aromatic rings. The zero-order valence-corrected chi connectivity index (χ0v) is 19.0. The number of hydrogen-bond acceptors (Lipinski definition) is 4. The van der Waals surface area contributed by atoms with Crippen molar-refractivity contribution in [2.75, 3.05) is 13.7 Å². The van der Waals surface area contributed by atoms with Gasteiger partial charge < -0.3 is 20.1 Å². The summed E-state index contributed by atoms with van der Waals surface area (Å²) >= 11 is 0. The van der Waals surface area contributed by atoms with Crippen molar-refractivity contribution in [3.05, 3.63) is 59.7 Å². The first kappa shape index (κ1) is 22.8. The summed E-state index contributed by atoms with van der Waals surface area (Å²) in [4.78, 5) is 38.3. The number of carbonyl (C=O) groups excluding carboxylic acids is 2. The molecular formula is C26H30N2O5. The van der Waals surface area contributed by atoms with Crippen LogP contribution in [0.25, 0.3) is 11.1 Å². The lowest BCUT2D eigenvalue weighted by atomic mass is 9.79. The van der Waals surface area contributed by atoms with Crippen LogP contribution in [0.4, 0.5) is 4.79 Å². The minimum atomic E-state index is -0.825. The highest BCUT2D eigenvalue weighted by Crippen LogP contribution is 2.44. The molecule has 0 spiro atoms. The van der Waals surface area contributed by atoms with E-state index in [1.54, 1.807) is 11.9 Å². The fourth-order valence-electron chi connectivity index (χ4n) is 4.86. The molecule has 4 rings (SSSR count). The molecule has 1 saturated carbocycles. The Labute approximate surface area is 193 Å². The predicted octanol–water partition coefficient (Wildman–Crippen LogP) is 4.02. The quantitative estimate of drug-likeness (QED) is 0.633. The number of carbonyl (C=O) groups is 3. The Hall–Kier alpha value is -3.35. The fraction of sp³-hybridized carbons (Fsp3) is 0.423. The van der Waals surface area contributed by atoms with Crippen LogP contribution in [0.15, 0.2) is 48.5 Å². The third-order valence-electron chi connectivity index (χ3n) is 6.87. The number of amides is 2. The number of hydrogen-bond donors (Lipinski definition) is 2. The summed E-state index contributed by atoms with van der Waals surface area (Å²) in [6, 6.07) is 15.4. The van der Waals surface area contributed by atoms with Crippen molar-refractivity contribution in [3.63, 3.8) is 0 Å². The largest absolute Gasteiger partial charge is 0.481 e. The number of carboxylic acid groups (broad SMARTS) is 1. The van der Waals surface area contributed by atoms with E-state index in [1.165, 1.54) is 0 Å². The number of fused-ring (bicyclic) bond motifs is 3. The van der Waals surface area contributed by atoms with Crippen LogP contribution in [0.2, 0.25) is 0 Å². The Bertz CT molecular complexity index is 1000. The van der Waals surface area contributed by atoms with E-state index in [9.17, 15) is 14.4 Å². The second kappa shape index (κ2) is 9.65. The van der Waals surface area contributed by atoms with Crippen LogP contribution in [0.5, 0.6) is 0 Å². The van der Waals surface area contributed by atoms with E-state index in [2.05, 4.69) is 29.6 Å². The predicted molar refractivity (Wildman–Crippen MR) is 124 cm³/mol. The minimum absolute atomic E-state index is 0.0471. The van der Waals surface area contributed by atoms with Gasteiger partial charge in [0, 0.05) is 19.0 Å². The van der Waals surface area contributed by atoms with Crippen LogP contribution in [-0.4, -0.2) is 53.7 Å². The molecule has 2 amide bonds. The molecule has 1 fully saturated rings. The molecule has 1 atom stereocenters. The summed E-state index contributed by atoms with van der Waals surface area (Å²) in [6.45, 7) is 2.13. The van der Waals surface area contributed by atoms with Gasteiger partial charge in [0.2, 0.25) is 5.91 Å². The van der Waals surface area contributed by atoms with Crippen molar-refractivity contribution in [2.45, 2.75) is 50.6 Å². The fourth-order valence-corrected chi connectivity index (χ4v) is 4.86. The van der Waals surface area contributed by atoms with Gasteiger partial charge in [-0.3, -0.25) is 9.59 Å². The van der Waals surface area contributed by atoms with Crippen LogP contribution < -0.4 is 5.32 Å². The summed E-state index contributed by atoms with van der Waals surface area (Å²) < 4.78 is 5.60. The van der Waals surface area contributed by atoms with Gasteiger partial charge in [0.15, 0.2) is 0 Å². The molecule has 0 radical (unpaired) electrons. The van der Waals surface area contributed by atoms with E-state index >= 15 is 0 Å². The Morgan fingerprint density at radius 3 is 2.18 bits per heavy atom. The molecule has 0 bridgehead atoms. The van der Waals surface area contributed by atoms with Gasteiger partial charge in [-0.2, -0.15) is 0 Å². The molecule has 0 aromatic heterocycles. The number of rotatable bonds is 8. The monoisotopic (exact) mass is 450 g/mol. The second-order valence-electron chi connectivity index (χ2n) is 8.92. The minimum Gasteiger partial charge on any atom is -0.481 e. The molecule has 2 aliphatic rings. The highest BCUT2D eigenvalue weighted by Gasteiger charge is 2.40. The van der Waals surface area contributed by atoms with Crippen molar-refractivity contribution in [3.8, 4) is 11.1 Å². The number of aliphatic carboxylic acids is 1. The van der Waals surface area contributed by atoms with Gasteiger partial charge in [-0.1, -0.05) is 61.9 Å². The number of likely N-dealkylation sites (N-methyl/N-ethyl adjacent to an activating group) is 1. The first-order valence-corrected chi connectivity index (χ1v) is 11.5. The first-order valence-electron chi connectivity index (χ1n) is 11.5. The van der Waals surface area contributed by atoms with Crippen molar-refractivity contribution >= 4 is 18.0 Å². The van der Waals surface area contributed by atoms with Gasteiger partial charge in [0.05, 0.1) is 5.92 Å². The molecule has 2 N–H and O–H groups in total. The van der Waals surface area contributed by atoms with Gasteiger partial charge in [-0.15, -0.1) is 0 Å². The van der Waals surface area contributed by atoms with E-state index in [0.29, 0.717) is 19.3 Å². The standard InChI is InChI=1S/C26H30N2O5/c1-3-8-23(24(29)28(2)17-13-16(14-17)25(30)31)27-26(32)33-15-22-20-11-6-4-9-18(20)19-10-5-7-12-21(19)22/h4-7,9-12,16-17,22-23H,3,8,13-15H2,1-2H3,(H,27,32)(H,30,31)/t16?,17?,23-/m1/s1. The van der Waals surface area contributed by atoms with Crippen LogP contribution in [0, 0.1) is 5.92 Å². The van der Waals surface area contributed by atoms with Crippen LogP contribution in [0.3, 0.4) is 0 Å². The van der Waals surface area contributed by atoms with Gasteiger partial charge in [-0.25, -0.2) is 4.79 Å². The molecule has 7 heteroatoms. The molecule has 2 aliphatic carbocycles. The Kier molecular flexibility index (Phi) is 6.67. The van der Waals surface area contributed by atoms with Crippen LogP contribution in [0.1, 0.15) is 49.7 Å². The summed E-state index contributed by atoms with van der Waals surface area (Å²) in [5.41, 5.74) is 4.57. The molecule has 174 valence electrons. The summed E-state index contributed by atoms with van der Waals surface area (Å²) in [5.74, 6) is -1.48. The van der Waals surface area contributed by atoms with Gasteiger partial charge >= 0.3 is 12.1 Å². The lowest BCUT2D eigenvalue weighted by Gasteiger charge is -2.40. The average Bonchev–Trinajstić information content (AvgIpc) is 3.09. The highest BCUT2D eigenvalue weighted by molar-refractivity contribution is 5.86. The molecule has 0 aliphatic heterocycles. The summed E-state index contributed by atoms with van der Waals surface area (Å²) in [5, 5.41) is 11.8. The van der Waals surface area contributed by atoms with Crippen LogP contribution in [-0.2, 0) is 14.3 Å². The maximum absolute atomic E-state index is 13.0. The molecular weight excluding hydrogens is 420 g/mol. The molecule has 0 heterocycles. The van der Waals surface area contributed by atoms with Gasteiger partial charge in [0.25, 0.3) is 0 Å². The zero-order valence-electron chi connectivity index (χ0n) is 19.0. The van der Waals surface area contributed by atoms with E-state index in [0.717, 1.165) is 28.7 Å². The molecule has 0 saturated heterocycles. The third-order valence-corrected chi connectivity index (χ3v) is 6.87. The van der Waals surface area contributed by atoms with Crippen molar-refractivity contribution < 1.29 is 24.2 Å². The van der Waals surface area contributed by atoms with Crippen molar-refractivity contribution in [1.29, 1.82) is 0 Å². The van der Waals surface area contributed by atoms with E-state index in [4.69, 9.17) is 9.84 Å². The Balaban J connectivity index is 1.37. The average molecular weight is 451 g/mol. The number of alkyl carbamates (subject to hydrolysis) is 1. The topological polar surface area (TPSA) is 95.9 Å². The lowest BCUT2D eigenvalue weighted by molar-refractivity contribution is -0.150. The maximum Gasteiger partial charge on any atom is 0.407 e. The van der Waals surface area contributed by atoms with Gasteiger partial charge in [0.1, 0.15) is 12.6 Å². The second-order valence-corrected chi connectivity index (χ2v) is 8.92. The molecule has 7 nitrogen and oxygen atoms in total. The van der Waals surface area contributed by atoms with E-state index < -0.39 is 24.0 Å². The number of nitrogens with zero attached hydrogens (tertiary/aromatic N) is 1. The zero-order chi connectivity index (χ0) is 23.5. The number of benzene rings is 2. The SMILES string of the molecule is CCC[C@@H](NC(=O)OCC1c2ccccc2-c2ccccc21)C(=O)N(C)C1CC(C(=O)O)C1. The van der Waals surface area contributed by atoms with Crippen molar-refractivity contribution in [1.82, 2.24) is 10.2 Å². The smallest absolute Gasteiger partial charge is 0.407 e. The number of nitrogens with one attached hydrogen (secondary N) is 1. The third kappa shape index (κ3) is 4.58. The molecule has 0 unspecified atom stereocenters. The van der Waals surface area contributed by atoms with E-state index in [1.807, 2.05) is 31.2 Å². The normalized spacial score (nSPS) is 19.6. The molecule has 33 heavy (non-hydrogen) atoms. The molecule has 2 aromatic carbocycles. The summed E-state index contributed by atoms with van der Waals surface area (Å²) in [7, 11) is 1.67. The number of carboxylic acids is 1. The van der Waals surface area contributed by atoms with Gasteiger partial charge in [-0.05, 0) is 41.5 Å². The number of ether oxygens (including phenoxy) is 1. The van der Waals surface area contributed by atoms with Crippen molar-refractivity contribution in [2.24, 2.45) is 5.92 Å². The lowest BCUT2D eigenvalue weighted by Crippen LogP contribution is -2.54. The Morgan fingerprint density at radius 2 is 1.64 bits per heavy atom. The highest BCUT2D eigenvalue weighted by atomic mass is 16.5. The maximum atomic E-state index is 13.0. The summed E-state index contributed by atoms with van der Waals surface area (Å²) in [6.07, 6.45) is 1.48. The Morgan fingerprint density at radius 1 is 1.06 bits per heavy atom. The van der Waals surface area contributed by atoms with E-state index in [-0.39, 0.29) is 24.5 Å². The van der Waals surface area contributed by atoms with Crippen LogP contribution >= 0.6 is 0 Å². The first-order chi connectivity index (χ1) is 15.9.